The van der Waals surface area contributed by atoms with E-state index in [9.17, 15) is 13.5 Å². The van der Waals surface area contributed by atoms with E-state index in [-0.39, 0.29) is 23.6 Å². The van der Waals surface area contributed by atoms with Gasteiger partial charge >= 0.3 is 0 Å². The van der Waals surface area contributed by atoms with E-state index in [4.69, 9.17) is 0 Å². The van der Waals surface area contributed by atoms with Crippen LogP contribution in [0.3, 0.4) is 0 Å². The molecule has 3 rings (SSSR count). The summed E-state index contributed by atoms with van der Waals surface area (Å²) < 4.78 is 23.0. The Morgan fingerprint density at radius 1 is 1.24 bits per heavy atom. The number of sulfone groups is 1. The van der Waals surface area contributed by atoms with E-state index in [2.05, 4.69) is 22.3 Å². The molecule has 0 radical (unpaired) electrons. The lowest BCUT2D eigenvalue weighted by Crippen LogP contribution is -2.46. The fourth-order valence-electron chi connectivity index (χ4n) is 3.24. The summed E-state index contributed by atoms with van der Waals surface area (Å²) in [7, 11) is -3.07. The molecular formula is C15H22N2O3S. The number of nitrogens with zero attached hydrogens (tertiary/aromatic N) is 1. The van der Waals surface area contributed by atoms with Crippen LogP contribution in [0.5, 0.6) is 0 Å². The highest BCUT2D eigenvalue weighted by molar-refractivity contribution is 7.91. The molecule has 3 unspecified atom stereocenters. The lowest BCUT2D eigenvalue weighted by atomic mass is 10.1. The molecule has 0 spiro atoms. The summed E-state index contributed by atoms with van der Waals surface area (Å²) in [6, 6.07) is 10.3. The summed E-state index contributed by atoms with van der Waals surface area (Å²) in [6.45, 7) is 2.82. The van der Waals surface area contributed by atoms with E-state index in [0.29, 0.717) is 0 Å². The minimum absolute atomic E-state index is 0.0589. The summed E-state index contributed by atoms with van der Waals surface area (Å²) in [5.74, 6) is -0.0472. The number of rotatable bonds is 4. The third-order valence-electron chi connectivity index (χ3n) is 4.29. The molecule has 3 atom stereocenters. The van der Waals surface area contributed by atoms with Crippen molar-refractivity contribution in [2.24, 2.45) is 0 Å². The zero-order chi connectivity index (χ0) is 14.9. The molecule has 21 heavy (non-hydrogen) atoms. The first-order chi connectivity index (χ1) is 10.0. The molecule has 1 aromatic rings. The van der Waals surface area contributed by atoms with Gasteiger partial charge in [0.05, 0.1) is 17.6 Å². The number of likely N-dealkylation sites (tertiary alicyclic amines) is 1. The van der Waals surface area contributed by atoms with Gasteiger partial charge in [-0.25, -0.2) is 8.42 Å². The van der Waals surface area contributed by atoms with Crippen molar-refractivity contribution in [3.05, 3.63) is 35.9 Å². The van der Waals surface area contributed by atoms with Crippen LogP contribution >= 0.6 is 0 Å². The van der Waals surface area contributed by atoms with Crippen LogP contribution in [0.4, 0.5) is 0 Å². The highest BCUT2D eigenvalue weighted by atomic mass is 32.2. The second kappa shape index (κ2) is 6.04. The molecule has 0 aromatic heterocycles. The molecule has 2 aliphatic rings. The maximum absolute atomic E-state index is 11.5. The van der Waals surface area contributed by atoms with Gasteiger partial charge in [-0.15, -0.1) is 0 Å². The van der Waals surface area contributed by atoms with Crippen molar-refractivity contribution in [1.29, 1.82) is 0 Å². The summed E-state index contributed by atoms with van der Waals surface area (Å²) in [6.07, 6.45) is 0.231. The quantitative estimate of drug-likeness (QED) is 0.820. The van der Waals surface area contributed by atoms with E-state index >= 15 is 0 Å². The van der Waals surface area contributed by atoms with Gasteiger partial charge in [0.1, 0.15) is 0 Å². The van der Waals surface area contributed by atoms with Crippen LogP contribution in [0.15, 0.2) is 30.3 Å². The van der Waals surface area contributed by atoms with Crippen molar-refractivity contribution in [3.63, 3.8) is 0 Å². The van der Waals surface area contributed by atoms with Crippen molar-refractivity contribution < 1.29 is 13.5 Å². The van der Waals surface area contributed by atoms with Crippen LogP contribution < -0.4 is 5.32 Å². The molecular weight excluding hydrogens is 288 g/mol. The molecule has 2 heterocycles. The SMILES string of the molecule is O=S1(=O)CC(O)C(NC2CCN(Cc3ccccc3)C2)C1. The van der Waals surface area contributed by atoms with Gasteiger partial charge in [0.25, 0.3) is 0 Å². The molecule has 0 aliphatic carbocycles. The average Bonchev–Trinajstić information content (AvgIpc) is 2.95. The van der Waals surface area contributed by atoms with E-state index in [1.54, 1.807) is 0 Å². The first-order valence-corrected chi connectivity index (χ1v) is 9.25. The number of nitrogens with one attached hydrogen (secondary N) is 1. The van der Waals surface area contributed by atoms with Gasteiger partial charge in [0.15, 0.2) is 9.84 Å². The molecule has 0 bridgehead atoms. The number of aliphatic hydroxyl groups excluding tert-OH is 1. The fraction of sp³-hybridized carbons (Fsp3) is 0.600. The predicted octanol–water partition coefficient (Wildman–Crippen LogP) is 0.00840. The van der Waals surface area contributed by atoms with Gasteiger partial charge in [0.2, 0.25) is 0 Å². The van der Waals surface area contributed by atoms with Crippen molar-refractivity contribution in [2.75, 3.05) is 24.6 Å². The van der Waals surface area contributed by atoms with Gasteiger partial charge in [-0.2, -0.15) is 0 Å². The minimum Gasteiger partial charge on any atom is -0.390 e. The highest BCUT2D eigenvalue weighted by Gasteiger charge is 2.38. The molecule has 1 aromatic carbocycles. The molecule has 6 heteroatoms. The van der Waals surface area contributed by atoms with Crippen LogP contribution in [0, 0.1) is 0 Å². The maximum atomic E-state index is 11.5. The van der Waals surface area contributed by atoms with Crippen molar-refractivity contribution in [1.82, 2.24) is 10.2 Å². The second-order valence-electron chi connectivity index (χ2n) is 6.12. The lowest BCUT2D eigenvalue weighted by molar-refractivity contribution is 0.158. The van der Waals surface area contributed by atoms with Gasteiger partial charge in [0, 0.05) is 31.7 Å². The Hall–Kier alpha value is -0.950. The van der Waals surface area contributed by atoms with E-state index in [1.807, 2.05) is 18.2 Å². The summed E-state index contributed by atoms with van der Waals surface area (Å²) in [4.78, 5) is 2.36. The number of aliphatic hydroxyl groups is 1. The monoisotopic (exact) mass is 310 g/mol. The van der Waals surface area contributed by atoms with Gasteiger partial charge in [-0.1, -0.05) is 30.3 Å². The third kappa shape index (κ3) is 3.83. The lowest BCUT2D eigenvalue weighted by Gasteiger charge is -2.21. The van der Waals surface area contributed by atoms with Crippen molar-refractivity contribution in [2.45, 2.75) is 31.2 Å². The highest BCUT2D eigenvalue weighted by Crippen LogP contribution is 2.18. The topological polar surface area (TPSA) is 69.6 Å². The molecule has 2 aliphatic heterocycles. The largest absolute Gasteiger partial charge is 0.390 e. The van der Waals surface area contributed by atoms with Gasteiger partial charge in [-0.05, 0) is 12.0 Å². The standard InChI is InChI=1S/C15H22N2O3S/c18-15-11-21(19,20)10-14(15)16-13-6-7-17(9-13)8-12-4-2-1-3-5-12/h1-5,13-16,18H,6-11H2. The zero-order valence-corrected chi connectivity index (χ0v) is 12.8. The molecule has 2 saturated heterocycles. The minimum atomic E-state index is -3.07. The van der Waals surface area contributed by atoms with E-state index in [0.717, 1.165) is 26.1 Å². The number of benzene rings is 1. The molecule has 2 fully saturated rings. The van der Waals surface area contributed by atoms with Crippen LogP contribution in [-0.2, 0) is 16.4 Å². The van der Waals surface area contributed by atoms with Crippen molar-refractivity contribution >= 4 is 9.84 Å². The molecule has 0 amide bonds. The van der Waals surface area contributed by atoms with Crippen LogP contribution in [-0.4, -0.2) is 61.2 Å². The first-order valence-electron chi connectivity index (χ1n) is 7.43. The smallest absolute Gasteiger partial charge is 0.154 e. The predicted molar refractivity (Wildman–Crippen MR) is 81.7 cm³/mol. The number of hydrogen-bond acceptors (Lipinski definition) is 5. The third-order valence-corrected chi connectivity index (χ3v) is 6.01. The fourth-order valence-corrected chi connectivity index (χ4v) is 5.00. The van der Waals surface area contributed by atoms with Crippen molar-refractivity contribution in [3.8, 4) is 0 Å². The van der Waals surface area contributed by atoms with Gasteiger partial charge < -0.3 is 10.4 Å². The Morgan fingerprint density at radius 2 is 2.00 bits per heavy atom. The van der Waals surface area contributed by atoms with E-state index < -0.39 is 15.9 Å². The van der Waals surface area contributed by atoms with Crippen LogP contribution in [0.2, 0.25) is 0 Å². The Labute approximate surface area is 125 Å². The Kier molecular flexibility index (Phi) is 4.31. The Bertz CT molecular complexity index is 576. The van der Waals surface area contributed by atoms with Crippen LogP contribution in [0.25, 0.3) is 0 Å². The molecule has 0 saturated carbocycles. The summed E-state index contributed by atoms with van der Waals surface area (Å²) in [5.41, 5.74) is 1.29. The summed E-state index contributed by atoms with van der Waals surface area (Å²) >= 11 is 0. The first kappa shape index (κ1) is 15.0. The van der Waals surface area contributed by atoms with Crippen LogP contribution in [0.1, 0.15) is 12.0 Å². The average molecular weight is 310 g/mol. The Morgan fingerprint density at radius 3 is 2.67 bits per heavy atom. The molecule has 116 valence electrons. The maximum Gasteiger partial charge on any atom is 0.154 e. The molecule has 2 N–H and O–H groups in total. The normalized spacial score (nSPS) is 32.5. The second-order valence-corrected chi connectivity index (χ2v) is 8.28. The molecule has 5 nitrogen and oxygen atoms in total. The van der Waals surface area contributed by atoms with E-state index in [1.165, 1.54) is 5.56 Å². The summed E-state index contributed by atoms with van der Waals surface area (Å²) in [5, 5.41) is 13.2. The Balaban J connectivity index is 1.51. The zero-order valence-electron chi connectivity index (χ0n) is 12.0. The van der Waals surface area contributed by atoms with Gasteiger partial charge in [-0.3, -0.25) is 4.90 Å². The number of hydrogen-bond donors (Lipinski definition) is 2.